The molecule has 0 aromatic rings. The van der Waals surface area contributed by atoms with Crippen molar-refractivity contribution in [3.8, 4) is 0 Å². The van der Waals surface area contributed by atoms with Crippen LogP contribution in [0, 0.1) is 11.3 Å². The Morgan fingerprint density at radius 3 is 2.29 bits per heavy atom. The molecule has 1 unspecified atom stereocenters. The lowest BCUT2D eigenvalue weighted by molar-refractivity contribution is -0.0113. The van der Waals surface area contributed by atoms with Gasteiger partial charge < -0.3 is 9.64 Å². The highest BCUT2D eigenvalue weighted by atomic mass is 16.5. The average Bonchev–Trinajstić information content (AvgIpc) is 2.46. The summed E-state index contributed by atoms with van der Waals surface area (Å²) in [6.07, 6.45) is 2.72. The normalized spacial score (nSPS) is 23.3. The minimum Gasteiger partial charge on any atom is -0.375 e. The topological polar surface area (TPSA) is 12.5 Å². The van der Waals surface area contributed by atoms with Gasteiger partial charge in [-0.1, -0.05) is 20.8 Å². The maximum absolute atomic E-state index is 5.79. The number of ether oxygens (including phenoxy) is 1. The van der Waals surface area contributed by atoms with Crippen LogP contribution in [0.3, 0.4) is 0 Å². The molecule has 0 bridgehead atoms. The first-order valence-corrected chi connectivity index (χ1v) is 7.02. The summed E-state index contributed by atoms with van der Waals surface area (Å²) < 4.78 is 5.79. The van der Waals surface area contributed by atoms with Crippen LogP contribution < -0.4 is 0 Å². The molecule has 1 aliphatic rings. The third-order valence-corrected chi connectivity index (χ3v) is 3.21. The molecule has 0 radical (unpaired) electrons. The second kappa shape index (κ2) is 5.71. The molecule has 1 aliphatic heterocycles. The van der Waals surface area contributed by atoms with E-state index in [0.29, 0.717) is 5.41 Å². The van der Waals surface area contributed by atoms with Crippen molar-refractivity contribution in [1.29, 1.82) is 0 Å². The van der Waals surface area contributed by atoms with Gasteiger partial charge in [-0.05, 0) is 51.5 Å². The third kappa shape index (κ3) is 7.05. The summed E-state index contributed by atoms with van der Waals surface area (Å²) in [5, 5.41) is 0. The van der Waals surface area contributed by atoms with E-state index in [4.69, 9.17) is 4.74 Å². The summed E-state index contributed by atoms with van der Waals surface area (Å²) in [5.74, 6) is 0.893. The summed E-state index contributed by atoms with van der Waals surface area (Å²) in [6.45, 7) is 17.9. The first-order valence-electron chi connectivity index (χ1n) is 7.02. The molecular weight excluding hydrogens is 210 g/mol. The van der Waals surface area contributed by atoms with Gasteiger partial charge in [0, 0.05) is 13.1 Å². The van der Waals surface area contributed by atoms with Crippen molar-refractivity contribution in [3.05, 3.63) is 0 Å². The van der Waals surface area contributed by atoms with Crippen LogP contribution in [0.25, 0.3) is 0 Å². The van der Waals surface area contributed by atoms with Crippen LogP contribution in [-0.2, 0) is 4.74 Å². The molecule has 2 nitrogen and oxygen atoms in total. The summed E-state index contributed by atoms with van der Waals surface area (Å²) >= 11 is 0. The Bertz CT molecular complexity index is 224. The second-order valence-electron chi connectivity index (χ2n) is 7.68. The molecule has 0 amide bonds. The monoisotopic (exact) mass is 241 g/mol. The molecule has 0 aromatic carbocycles. The van der Waals surface area contributed by atoms with Gasteiger partial charge in [0.2, 0.25) is 0 Å². The van der Waals surface area contributed by atoms with E-state index in [1.807, 2.05) is 0 Å². The minimum atomic E-state index is 0.00450. The van der Waals surface area contributed by atoms with Gasteiger partial charge >= 0.3 is 0 Å². The average molecular weight is 241 g/mol. The van der Waals surface area contributed by atoms with Gasteiger partial charge in [-0.15, -0.1) is 0 Å². The molecule has 2 heteroatoms. The Morgan fingerprint density at radius 1 is 1.12 bits per heavy atom. The number of hydrogen-bond donors (Lipinski definition) is 0. The summed E-state index contributed by atoms with van der Waals surface area (Å²) in [6, 6.07) is 0. The molecule has 1 fully saturated rings. The lowest BCUT2D eigenvalue weighted by Crippen LogP contribution is -2.29. The maximum atomic E-state index is 5.79. The Morgan fingerprint density at radius 2 is 1.76 bits per heavy atom. The predicted octanol–water partition coefficient (Wildman–Crippen LogP) is 3.56. The molecule has 1 atom stereocenters. The van der Waals surface area contributed by atoms with Gasteiger partial charge in [-0.2, -0.15) is 0 Å². The largest absolute Gasteiger partial charge is 0.375 e. The molecule has 0 spiro atoms. The molecule has 0 aromatic heterocycles. The van der Waals surface area contributed by atoms with E-state index in [2.05, 4.69) is 46.4 Å². The lowest BCUT2D eigenvalue weighted by atomic mass is 9.84. The van der Waals surface area contributed by atoms with E-state index >= 15 is 0 Å². The molecule has 1 heterocycles. The van der Waals surface area contributed by atoms with Crippen LogP contribution in [0.1, 0.15) is 54.4 Å². The Hall–Kier alpha value is -0.0800. The number of nitrogens with zero attached hydrogens (tertiary/aromatic N) is 1. The van der Waals surface area contributed by atoms with Crippen molar-refractivity contribution in [3.63, 3.8) is 0 Å². The molecule has 1 saturated heterocycles. The van der Waals surface area contributed by atoms with Gasteiger partial charge in [0.1, 0.15) is 0 Å². The van der Waals surface area contributed by atoms with Crippen molar-refractivity contribution in [2.75, 3.05) is 26.2 Å². The zero-order chi connectivity index (χ0) is 13.1. The highest BCUT2D eigenvalue weighted by Gasteiger charge is 2.26. The quantitative estimate of drug-likeness (QED) is 0.746. The first kappa shape index (κ1) is 15.0. The fraction of sp³-hybridized carbons (Fsp3) is 1.00. The van der Waals surface area contributed by atoms with E-state index in [1.54, 1.807) is 0 Å². The van der Waals surface area contributed by atoms with Crippen LogP contribution in [-0.4, -0.2) is 36.7 Å². The first-order chi connectivity index (χ1) is 7.66. The minimum absolute atomic E-state index is 0.00450. The smallest absolute Gasteiger partial charge is 0.0600 e. The summed E-state index contributed by atoms with van der Waals surface area (Å²) in [5.41, 5.74) is 0.479. The van der Waals surface area contributed by atoms with Gasteiger partial charge in [-0.25, -0.2) is 0 Å². The Labute approximate surface area is 108 Å². The zero-order valence-corrected chi connectivity index (χ0v) is 12.7. The van der Waals surface area contributed by atoms with Crippen molar-refractivity contribution < 1.29 is 4.74 Å². The SMILES string of the molecule is CC(C)(C)CC1CCN(CCOC(C)(C)C)C1. The van der Waals surface area contributed by atoms with E-state index < -0.39 is 0 Å². The summed E-state index contributed by atoms with van der Waals surface area (Å²) in [7, 11) is 0. The Kier molecular flexibility index (Phi) is 5.03. The highest BCUT2D eigenvalue weighted by molar-refractivity contribution is 4.79. The maximum Gasteiger partial charge on any atom is 0.0600 e. The van der Waals surface area contributed by atoms with E-state index in [1.165, 1.54) is 25.9 Å². The van der Waals surface area contributed by atoms with E-state index in [9.17, 15) is 0 Å². The standard InChI is InChI=1S/C15H31NO/c1-14(2,3)11-13-7-8-16(12-13)9-10-17-15(4,5)6/h13H,7-12H2,1-6H3. The third-order valence-electron chi connectivity index (χ3n) is 3.21. The predicted molar refractivity (Wildman–Crippen MR) is 74.3 cm³/mol. The molecule has 0 N–H and O–H groups in total. The molecule has 0 saturated carbocycles. The number of rotatable bonds is 4. The van der Waals surface area contributed by atoms with Crippen LogP contribution in [0.2, 0.25) is 0 Å². The van der Waals surface area contributed by atoms with Gasteiger partial charge in [0.25, 0.3) is 0 Å². The second-order valence-corrected chi connectivity index (χ2v) is 7.68. The van der Waals surface area contributed by atoms with Crippen LogP contribution in [0.5, 0.6) is 0 Å². The molecule has 17 heavy (non-hydrogen) atoms. The van der Waals surface area contributed by atoms with Crippen LogP contribution in [0.4, 0.5) is 0 Å². The van der Waals surface area contributed by atoms with Crippen molar-refractivity contribution in [1.82, 2.24) is 4.90 Å². The number of likely N-dealkylation sites (tertiary alicyclic amines) is 1. The van der Waals surface area contributed by atoms with Crippen molar-refractivity contribution >= 4 is 0 Å². The van der Waals surface area contributed by atoms with Crippen LogP contribution >= 0.6 is 0 Å². The van der Waals surface area contributed by atoms with E-state index in [-0.39, 0.29) is 5.60 Å². The highest BCUT2D eigenvalue weighted by Crippen LogP contribution is 2.30. The van der Waals surface area contributed by atoms with Gasteiger partial charge in [-0.3, -0.25) is 0 Å². The molecule has 102 valence electrons. The van der Waals surface area contributed by atoms with Crippen molar-refractivity contribution in [2.24, 2.45) is 11.3 Å². The van der Waals surface area contributed by atoms with Crippen molar-refractivity contribution in [2.45, 2.75) is 60.0 Å². The fourth-order valence-corrected chi connectivity index (χ4v) is 2.63. The zero-order valence-electron chi connectivity index (χ0n) is 12.7. The summed E-state index contributed by atoms with van der Waals surface area (Å²) in [4.78, 5) is 2.56. The Balaban J connectivity index is 2.18. The molecule has 0 aliphatic carbocycles. The fourth-order valence-electron chi connectivity index (χ4n) is 2.63. The number of hydrogen-bond acceptors (Lipinski definition) is 2. The van der Waals surface area contributed by atoms with Gasteiger partial charge in [0.15, 0.2) is 0 Å². The molecule has 1 rings (SSSR count). The van der Waals surface area contributed by atoms with Crippen LogP contribution in [0.15, 0.2) is 0 Å². The van der Waals surface area contributed by atoms with E-state index in [0.717, 1.165) is 19.1 Å². The van der Waals surface area contributed by atoms with Gasteiger partial charge in [0.05, 0.1) is 12.2 Å². The lowest BCUT2D eigenvalue weighted by Gasteiger charge is -2.24. The molecular formula is C15H31NO.